The van der Waals surface area contributed by atoms with Gasteiger partial charge in [0.2, 0.25) is 5.91 Å². The van der Waals surface area contributed by atoms with E-state index in [9.17, 15) is 14.9 Å². The van der Waals surface area contributed by atoms with E-state index in [-0.39, 0.29) is 30.3 Å². The Labute approximate surface area is 254 Å². The van der Waals surface area contributed by atoms with E-state index < -0.39 is 4.92 Å². The van der Waals surface area contributed by atoms with Crippen LogP contribution in [0.15, 0.2) is 66.9 Å². The van der Waals surface area contributed by atoms with Crippen molar-refractivity contribution in [2.45, 2.75) is 32.9 Å². The summed E-state index contributed by atoms with van der Waals surface area (Å²) in [4.78, 5) is 30.5. The van der Waals surface area contributed by atoms with E-state index in [0.717, 1.165) is 33.9 Å². The van der Waals surface area contributed by atoms with Gasteiger partial charge in [-0.05, 0) is 92.6 Å². The Kier molecular flexibility index (Phi) is 8.42. The van der Waals surface area contributed by atoms with Gasteiger partial charge in [0.1, 0.15) is 18.0 Å². The summed E-state index contributed by atoms with van der Waals surface area (Å²) in [6.07, 6.45) is 1.74. The molecule has 4 aromatic rings. The number of carbonyl (C=O) groups excluding carboxylic acids is 1. The number of thiocarbonyl (C=S) groups is 1. The van der Waals surface area contributed by atoms with Crippen molar-refractivity contribution in [1.82, 2.24) is 14.9 Å². The molecule has 2 aromatic heterocycles. The van der Waals surface area contributed by atoms with E-state index in [1.807, 2.05) is 72.7 Å². The number of nitro groups is 1. The third kappa shape index (κ3) is 5.66. The zero-order valence-corrected chi connectivity index (χ0v) is 25.3. The average Bonchev–Trinajstić information content (AvgIpc) is 3.48. The quantitative estimate of drug-likeness (QED) is 0.146. The predicted molar refractivity (Wildman–Crippen MR) is 168 cm³/mol. The van der Waals surface area contributed by atoms with Crippen LogP contribution in [0, 0.1) is 30.9 Å². The highest BCUT2D eigenvalue weighted by atomic mass is 32.1. The van der Waals surface area contributed by atoms with Gasteiger partial charge >= 0.3 is 0 Å². The van der Waals surface area contributed by atoms with Crippen LogP contribution in [0.5, 0.6) is 5.75 Å². The Balaban J connectivity index is 1.64. The molecule has 0 aliphatic carbocycles. The molecule has 0 spiro atoms. The largest absolute Gasteiger partial charge is 0.496 e. The molecular formula is C31H32N6O5S. The van der Waals surface area contributed by atoms with Crippen LogP contribution >= 0.6 is 12.2 Å². The minimum absolute atomic E-state index is 0.0445. The van der Waals surface area contributed by atoms with Gasteiger partial charge in [-0.25, -0.2) is 0 Å². The molecule has 1 aliphatic rings. The lowest BCUT2D eigenvalue weighted by atomic mass is 9.96. The molecule has 1 saturated heterocycles. The molecule has 1 amide bonds. The average molecular weight is 601 g/mol. The Morgan fingerprint density at radius 2 is 1.91 bits per heavy atom. The summed E-state index contributed by atoms with van der Waals surface area (Å²) in [5, 5.41) is 18.9. The van der Waals surface area contributed by atoms with Crippen LogP contribution in [0.1, 0.15) is 40.3 Å². The minimum Gasteiger partial charge on any atom is -0.496 e. The van der Waals surface area contributed by atoms with Crippen LogP contribution in [-0.2, 0) is 9.53 Å². The number of rotatable bonds is 9. The Morgan fingerprint density at radius 1 is 1.12 bits per heavy atom. The first-order valence-corrected chi connectivity index (χ1v) is 14.0. The van der Waals surface area contributed by atoms with Crippen molar-refractivity contribution in [3.63, 3.8) is 0 Å². The number of anilines is 2. The predicted octanol–water partition coefficient (Wildman–Crippen LogP) is 5.48. The lowest BCUT2D eigenvalue weighted by molar-refractivity contribution is -0.384. The number of hydrogen-bond acceptors (Lipinski definition) is 7. The van der Waals surface area contributed by atoms with Gasteiger partial charge in [-0.2, -0.15) is 0 Å². The SMILES string of the molecule is COCC(=O)Nc1ccc(N2C(=S)N[C@H](c3ccccn3)[C@H]2c2cc(C)n(-c3ccc(OC)cc3[N+](=O)[O-])c2C)cc1C. The number of ether oxygens (including phenoxy) is 2. The Morgan fingerprint density at radius 3 is 2.56 bits per heavy atom. The molecule has 2 atom stereocenters. The number of aromatic nitrogens is 2. The molecule has 222 valence electrons. The molecule has 12 heteroatoms. The number of aryl methyl sites for hydroxylation is 2. The number of pyridine rings is 1. The monoisotopic (exact) mass is 600 g/mol. The molecule has 0 unspecified atom stereocenters. The van der Waals surface area contributed by atoms with Crippen molar-refractivity contribution >= 4 is 40.3 Å². The van der Waals surface area contributed by atoms with Crippen LogP contribution in [0.4, 0.5) is 17.1 Å². The van der Waals surface area contributed by atoms with E-state index >= 15 is 0 Å². The van der Waals surface area contributed by atoms with Gasteiger partial charge in [-0.1, -0.05) is 6.07 Å². The Hall–Kier alpha value is -4.81. The van der Waals surface area contributed by atoms with Crippen LogP contribution in [0.3, 0.4) is 0 Å². The van der Waals surface area contributed by atoms with Gasteiger partial charge in [-0.15, -0.1) is 0 Å². The number of nitrogens with one attached hydrogen (secondary N) is 2. The van der Waals surface area contributed by atoms with Gasteiger partial charge in [0, 0.05) is 36.1 Å². The topological polar surface area (TPSA) is 124 Å². The highest BCUT2D eigenvalue weighted by molar-refractivity contribution is 7.80. The third-order valence-electron chi connectivity index (χ3n) is 7.54. The summed E-state index contributed by atoms with van der Waals surface area (Å²) in [7, 11) is 2.95. The van der Waals surface area contributed by atoms with Gasteiger partial charge in [0.05, 0.1) is 35.9 Å². The number of hydrogen-bond donors (Lipinski definition) is 2. The molecule has 2 aromatic carbocycles. The zero-order valence-electron chi connectivity index (χ0n) is 24.5. The van der Waals surface area contributed by atoms with E-state index in [4.69, 9.17) is 21.7 Å². The first-order chi connectivity index (χ1) is 20.6. The molecule has 5 rings (SSSR count). The highest BCUT2D eigenvalue weighted by Crippen LogP contribution is 2.45. The molecule has 3 heterocycles. The van der Waals surface area contributed by atoms with Crippen molar-refractivity contribution in [3.8, 4) is 11.4 Å². The minimum atomic E-state index is -0.401. The van der Waals surface area contributed by atoms with Gasteiger partial charge in [-0.3, -0.25) is 19.9 Å². The molecule has 43 heavy (non-hydrogen) atoms. The molecule has 0 saturated carbocycles. The summed E-state index contributed by atoms with van der Waals surface area (Å²) in [6.45, 7) is 5.74. The molecule has 0 bridgehead atoms. The standard InChI is InChI=1S/C31H32N6O5S/c1-18-14-21(9-11-24(18)33-28(38)17-41-4)36-30(29(34-31(36)43)25-8-6-7-13-32-25)23-15-19(2)35(20(23)3)26-12-10-22(42-5)16-27(26)37(39)40/h6-16,29-30H,17H2,1-5H3,(H,33,38)(H,34,43)/t29-,30-/m1/s1. The first kappa shape index (κ1) is 29.7. The number of benzene rings is 2. The van der Waals surface area contributed by atoms with Gasteiger partial charge in [0.15, 0.2) is 5.11 Å². The summed E-state index contributed by atoms with van der Waals surface area (Å²) in [6, 6.07) is 17.7. The number of nitrogens with zero attached hydrogens (tertiary/aromatic N) is 4. The second-order valence-electron chi connectivity index (χ2n) is 10.3. The highest BCUT2D eigenvalue weighted by Gasteiger charge is 2.42. The maximum atomic E-state index is 12.1. The van der Waals surface area contributed by atoms with Gasteiger partial charge < -0.3 is 29.6 Å². The van der Waals surface area contributed by atoms with Crippen LogP contribution in [0.25, 0.3) is 5.69 Å². The van der Waals surface area contributed by atoms with Crippen LogP contribution in [-0.4, -0.2) is 46.3 Å². The Bertz CT molecular complexity index is 1710. The van der Waals surface area contributed by atoms with Crippen molar-refractivity contribution in [2.75, 3.05) is 31.0 Å². The van der Waals surface area contributed by atoms with Crippen molar-refractivity contribution < 1.29 is 19.2 Å². The third-order valence-corrected chi connectivity index (χ3v) is 7.86. The fourth-order valence-corrected chi connectivity index (χ4v) is 5.97. The smallest absolute Gasteiger partial charge is 0.296 e. The van der Waals surface area contributed by atoms with E-state index in [1.165, 1.54) is 20.3 Å². The summed E-state index contributed by atoms with van der Waals surface area (Å²) in [5.41, 5.74) is 6.11. The first-order valence-electron chi connectivity index (χ1n) is 13.6. The van der Waals surface area contributed by atoms with Crippen molar-refractivity contribution in [3.05, 3.63) is 105 Å². The number of methoxy groups -OCH3 is 2. The van der Waals surface area contributed by atoms with Crippen molar-refractivity contribution in [1.29, 1.82) is 0 Å². The number of nitro benzene ring substituents is 1. The second kappa shape index (κ2) is 12.2. The fraction of sp³-hybridized carbons (Fsp3) is 0.258. The van der Waals surface area contributed by atoms with Crippen LogP contribution in [0.2, 0.25) is 0 Å². The fourth-order valence-electron chi connectivity index (χ4n) is 5.63. The van der Waals surface area contributed by atoms with Crippen LogP contribution < -0.4 is 20.3 Å². The maximum Gasteiger partial charge on any atom is 0.296 e. The van der Waals surface area contributed by atoms with E-state index in [0.29, 0.717) is 22.2 Å². The molecule has 2 N–H and O–H groups in total. The lowest BCUT2D eigenvalue weighted by Gasteiger charge is -2.29. The molecular weight excluding hydrogens is 568 g/mol. The van der Waals surface area contributed by atoms with E-state index in [2.05, 4.69) is 15.6 Å². The summed E-state index contributed by atoms with van der Waals surface area (Å²) < 4.78 is 12.1. The molecule has 1 aliphatic heterocycles. The molecule has 1 fully saturated rings. The zero-order chi connectivity index (χ0) is 30.8. The number of carbonyl (C=O) groups is 1. The second-order valence-corrected chi connectivity index (χ2v) is 10.6. The number of amides is 1. The van der Waals surface area contributed by atoms with E-state index in [1.54, 1.807) is 18.3 Å². The summed E-state index contributed by atoms with van der Waals surface area (Å²) in [5.74, 6) is 0.159. The molecule has 11 nitrogen and oxygen atoms in total. The van der Waals surface area contributed by atoms with Crippen molar-refractivity contribution in [2.24, 2.45) is 0 Å². The van der Waals surface area contributed by atoms with Gasteiger partial charge in [0.25, 0.3) is 5.69 Å². The normalized spacial score (nSPS) is 16.2. The lowest BCUT2D eigenvalue weighted by Crippen LogP contribution is -2.29. The summed E-state index contributed by atoms with van der Waals surface area (Å²) >= 11 is 5.91. The maximum absolute atomic E-state index is 12.1. The molecule has 0 radical (unpaired) electrons.